The van der Waals surface area contributed by atoms with Crippen molar-refractivity contribution in [3.05, 3.63) is 29.8 Å². The van der Waals surface area contributed by atoms with Gasteiger partial charge in [0.25, 0.3) is 0 Å². The maximum absolute atomic E-state index is 12.2. The van der Waals surface area contributed by atoms with Crippen LogP contribution in [0, 0.1) is 12.8 Å². The van der Waals surface area contributed by atoms with Gasteiger partial charge in [0.15, 0.2) is 0 Å². The van der Waals surface area contributed by atoms with Gasteiger partial charge >= 0.3 is 0 Å². The van der Waals surface area contributed by atoms with E-state index in [4.69, 9.17) is 4.74 Å². The Morgan fingerprint density at radius 3 is 2.95 bits per heavy atom. The molecule has 1 unspecified atom stereocenters. The SMILES string of the molecule is Cc1ccccc1OCCN(C)C(=O)CC1CCCNC1. The number of carbonyl (C=O) groups excluding carboxylic acids is 1. The zero-order valence-electron chi connectivity index (χ0n) is 13.1. The number of ether oxygens (including phenoxy) is 1. The number of aryl methyl sites for hydroxylation is 1. The lowest BCUT2D eigenvalue weighted by atomic mass is 9.96. The van der Waals surface area contributed by atoms with Gasteiger partial charge in [0.1, 0.15) is 12.4 Å². The van der Waals surface area contributed by atoms with Crippen LogP contribution in [0.1, 0.15) is 24.8 Å². The normalized spacial score (nSPS) is 18.3. The molecule has 21 heavy (non-hydrogen) atoms. The second-order valence-corrected chi connectivity index (χ2v) is 5.85. The predicted octanol–water partition coefficient (Wildman–Crippen LogP) is 2.22. The lowest BCUT2D eigenvalue weighted by Gasteiger charge is -2.25. The Bertz CT molecular complexity index is 456. The van der Waals surface area contributed by atoms with E-state index in [1.807, 2.05) is 38.2 Å². The molecule has 0 aromatic heterocycles. The molecule has 4 nitrogen and oxygen atoms in total. The van der Waals surface area contributed by atoms with E-state index in [-0.39, 0.29) is 5.91 Å². The van der Waals surface area contributed by atoms with E-state index in [9.17, 15) is 4.79 Å². The number of nitrogens with zero attached hydrogens (tertiary/aromatic N) is 1. The summed E-state index contributed by atoms with van der Waals surface area (Å²) in [6, 6.07) is 7.95. The van der Waals surface area contributed by atoms with E-state index in [1.54, 1.807) is 4.90 Å². The second-order valence-electron chi connectivity index (χ2n) is 5.85. The fraction of sp³-hybridized carbons (Fsp3) is 0.588. The quantitative estimate of drug-likeness (QED) is 0.873. The van der Waals surface area contributed by atoms with Gasteiger partial charge < -0.3 is 15.0 Å². The van der Waals surface area contributed by atoms with Crippen LogP contribution in [-0.4, -0.2) is 44.1 Å². The monoisotopic (exact) mass is 290 g/mol. The Kier molecular flexibility index (Phi) is 6.05. The van der Waals surface area contributed by atoms with E-state index >= 15 is 0 Å². The fourth-order valence-electron chi connectivity index (χ4n) is 2.64. The second kappa shape index (κ2) is 8.03. The Morgan fingerprint density at radius 2 is 2.24 bits per heavy atom. The average Bonchev–Trinajstić information content (AvgIpc) is 2.50. The highest BCUT2D eigenvalue weighted by molar-refractivity contribution is 5.76. The smallest absolute Gasteiger partial charge is 0.222 e. The summed E-state index contributed by atoms with van der Waals surface area (Å²) in [4.78, 5) is 13.9. The van der Waals surface area contributed by atoms with Crippen LogP contribution < -0.4 is 10.1 Å². The molecule has 0 radical (unpaired) electrons. The van der Waals surface area contributed by atoms with Gasteiger partial charge in [0.2, 0.25) is 5.91 Å². The highest BCUT2D eigenvalue weighted by atomic mass is 16.5. The third-order valence-corrected chi connectivity index (χ3v) is 4.07. The van der Waals surface area contributed by atoms with E-state index in [0.717, 1.165) is 30.8 Å². The number of hydrogen-bond acceptors (Lipinski definition) is 3. The molecule has 2 rings (SSSR count). The van der Waals surface area contributed by atoms with E-state index in [0.29, 0.717) is 25.5 Å². The molecule has 0 spiro atoms. The van der Waals surface area contributed by atoms with Crippen molar-refractivity contribution in [2.45, 2.75) is 26.2 Å². The molecular weight excluding hydrogens is 264 g/mol. The van der Waals surface area contributed by atoms with Crippen molar-refractivity contribution in [3.8, 4) is 5.75 Å². The lowest BCUT2D eigenvalue weighted by molar-refractivity contribution is -0.131. The molecule has 0 saturated carbocycles. The van der Waals surface area contributed by atoms with Crippen molar-refractivity contribution >= 4 is 5.91 Å². The van der Waals surface area contributed by atoms with Gasteiger partial charge in [-0.3, -0.25) is 4.79 Å². The largest absolute Gasteiger partial charge is 0.491 e. The van der Waals surface area contributed by atoms with Gasteiger partial charge in [-0.25, -0.2) is 0 Å². The van der Waals surface area contributed by atoms with E-state index < -0.39 is 0 Å². The molecule has 1 saturated heterocycles. The first-order valence-corrected chi connectivity index (χ1v) is 7.80. The van der Waals surface area contributed by atoms with Crippen molar-refractivity contribution in [2.75, 3.05) is 33.3 Å². The van der Waals surface area contributed by atoms with Crippen molar-refractivity contribution in [3.63, 3.8) is 0 Å². The maximum Gasteiger partial charge on any atom is 0.222 e. The van der Waals surface area contributed by atoms with Crippen LogP contribution in [0.5, 0.6) is 5.75 Å². The minimum atomic E-state index is 0.220. The standard InChI is InChI=1S/C17H26N2O2/c1-14-6-3-4-8-16(14)21-11-10-19(2)17(20)12-15-7-5-9-18-13-15/h3-4,6,8,15,18H,5,7,9-13H2,1-2H3. The zero-order chi connectivity index (χ0) is 15.1. The van der Waals surface area contributed by atoms with Gasteiger partial charge in [-0.1, -0.05) is 18.2 Å². The molecule has 1 aliphatic rings. The van der Waals surface area contributed by atoms with Crippen molar-refractivity contribution in [2.24, 2.45) is 5.92 Å². The predicted molar refractivity (Wildman–Crippen MR) is 84.5 cm³/mol. The van der Waals surface area contributed by atoms with Crippen LogP contribution in [0.2, 0.25) is 0 Å². The zero-order valence-corrected chi connectivity index (χ0v) is 13.1. The first kappa shape index (κ1) is 15.8. The summed E-state index contributed by atoms with van der Waals surface area (Å²) in [5.41, 5.74) is 1.12. The Morgan fingerprint density at radius 1 is 1.43 bits per heavy atom. The van der Waals surface area contributed by atoms with E-state index in [1.165, 1.54) is 6.42 Å². The Balaban J connectivity index is 1.70. The number of piperidine rings is 1. The van der Waals surface area contributed by atoms with Gasteiger partial charge in [-0.15, -0.1) is 0 Å². The molecule has 0 aliphatic carbocycles. The molecule has 1 fully saturated rings. The molecule has 1 aromatic carbocycles. The van der Waals surface area contributed by atoms with Crippen LogP contribution in [0.3, 0.4) is 0 Å². The molecule has 1 heterocycles. The van der Waals surface area contributed by atoms with Crippen molar-refractivity contribution in [1.29, 1.82) is 0 Å². The van der Waals surface area contributed by atoms with Crippen LogP contribution in [0.4, 0.5) is 0 Å². The van der Waals surface area contributed by atoms with Crippen LogP contribution in [0.15, 0.2) is 24.3 Å². The summed E-state index contributed by atoms with van der Waals surface area (Å²) in [5.74, 6) is 1.61. The molecule has 116 valence electrons. The van der Waals surface area contributed by atoms with Crippen LogP contribution in [-0.2, 0) is 4.79 Å². The summed E-state index contributed by atoms with van der Waals surface area (Å²) in [5, 5.41) is 3.35. The maximum atomic E-state index is 12.2. The third-order valence-electron chi connectivity index (χ3n) is 4.07. The molecular formula is C17H26N2O2. The Labute approximate surface area is 127 Å². The minimum Gasteiger partial charge on any atom is -0.491 e. The molecule has 1 aliphatic heterocycles. The lowest BCUT2D eigenvalue weighted by Crippen LogP contribution is -2.36. The summed E-state index contributed by atoms with van der Waals surface area (Å²) in [6.45, 7) is 5.26. The number of para-hydroxylation sites is 1. The van der Waals surface area contributed by atoms with Crippen molar-refractivity contribution in [1.82, 2.24) is 10.2 Å². The number of carbonyl (C=O) groups is 1. The van der Waals surface area contributed by atoms with Crippen LogP contribution in [0.25, 0.3) is 0 Å². The molecule has 1 N–H and O–H groups in total. The average molecular weight is 290 g/mol. The number of rotatable bonds is 6. The summed E-state index contributed by atoms with van der Waals surface area (Å²) in [7, 11) is 1.86. The molecule has 1 atom stereocenters. The van der Waals surface area contributed by atoms with Gasteiger partial charge in [-0.2, -0.15) is 0 Å². The van der Waals surface area contributed by atoms with Gasteiger partial charge in [-0.05, 0) is 50.4 Å². The molecule has 1 aromatic rings. The Hall–Kier alpha value is -1.55. The number of hydrogen-bond donors (Lipinski definition) is 1. The summed E-state index contributed by atoms with van der Waals surface area (Å²) in [6.07, 6.45) is 2.98. The number of amides is 1. The topological polar surface area (TPSA) is 41.6 Å². The summed E-state index contributed by atoms with van der Waals surface area (Å²) < 4.78 is 5.74. The summed E-state index contributed by atoms with van der Waals surface area (Å²) >= 11 is 0. The number of benzene rings is 1. The first-order valence-electron chi connectivity index (χ1n) is 7.80. The van der Waals surface area contributed by atoms with Crippen molar-refractivity contribution < 1.29 is 9.53 Å². The minimum absolute atomic E-state index is 0.220. The van der Waals surface area contributed by atoms with Crippen LogP contribution >= 0.6 is 0 Å². The first-order chi connectivity index (χ1) is 10.2. The molecule has 0 bridgehead atoms. The molecule has 4 heteroatoms. The fourth-order valence-corrected chi connectivity index (χ4v) is 2.64. The number of nitrogens with one attached hydrogen (secondary N) is 1. The molecule has 1 amide bonds. The van der Waals surface area contributed by atoms with Gasteiger partial charge in [0, 0.05) is 13.5 Å². The van der Waals surface area contributed by atoms with E-state index in [2.05, 4.69) is 5.32 Å². The highest BCUT2D eigenvalue weighted by Gasteiger charge is 2.18. The highest BCUT2D eigenvalue weighted by Crippen LogP contribution is 2.17. The number of likely N-dealkylation sites (N-methyl/N-ethyl adjacent to an activating group) is 1. The third kappa shape index (κ3) is 5.05. The van der Waals surface area contributed by atoms with Gasteiger partial charge in [0.05, 0.1) is 6.54 Å².